The molecular weight excluding hydrogens is 430 g/mol. The van der Waals surface area contributed by atoms with Crippen LogP contribution in [0.3, 0.4) is 0 Å². The molecule has 0 radical (unpaired) electrons. The average Bonchev–Trinajstić information content (AvgIpc) is 3.00. The summed E-state index contributed by atoms with van der Waals surface area (Å²) in [6, 6.07) is 11.6. The highest BCUT2D eigenvalue weighted by molar-refractivity contribution is 6.46. The van der Waals surface area contributed by atoms with Crippen LogP contribution in [0.25, 0.3) is 5.76 Å². The SMILES string of the molecule is CCOc1cc(/C(O)=C2/C(=O)C(=O)N(CCOC(C)C)C2c2cccc(C)c2)ccc1Cl. The van der Waals surface area contributed by atoms with Crippen molar-refractivity contribution < 1.29 is 24.2 Å². The minimum absolute atomic E-state index is 0.00436. The van der Waals surface area contributed by atoms with Crippen molar-refractivity contribution in [2.24, 2.45) is 0 Å². The zero-order valence-corrected chi connectivity index (χ0v) is 19.5. The van der Waals surface area contributed by atoms with Gasteiger partial charge in [-0.2, -0.15) is 0 Å². The Bertz CT molecular complexity index is 1050. The van der Waals surface area contributed by atoms with Gasteiger partial charge in [0, 0.05) is 12.1 Å². The van der Waals surface area contributed by atoms with Crippen LogP contribution in [-0.2, 0) is 14.3 Å². The Morgan fingerprint density at radius 2 is 1.94 bits per heavy atom. The summed E-state index contributed by atoms with van der Waals surface area (Å²) in [6.07, 6.45) is -0.00436. The molecule has 1 unspecified atom stereocenters. The molecule has 0 spiro atoms. The second kappa shape index (κ2) is 10.2. The molecule has 1 saturated heterocycles. The Morgan fingerprint density at radius 1 is 1.19 bits per heavy atom. The van der Waals surface area contributed by atoms with E-state index in [0.717, 1.165) is 11.1 Å². The number of aryl methyl sites for hydroxylation is 1. The maximum Gasteiger partial charge on any atom is 0.295 e. The van der Waals surface area contributed by atoms with Crippen LogP contribution in [-0.4, -0.2) is 47.6 Å². The van der Waals surface area contributed by atoms with Gasteiger partial charge in [0.05, 0.1) is 36.0 Å². The molecule has 2 aromatic rings. The van der Waals surface area contributed by atoms with Crippen LogP contribution in [0.5, 0.6) is 5.75 Å². The quantitative estimate of drug-likeness (QED) is 0.347. The van der Waals surface area contributed by atoms with Gasteiger partial charge >= 0.3 is 0 Å². The van der Waals surface area contributed by atoms with Crippen LogP contribution >= 0.6 is 11.6 Å². The molecule has 1 aliphatic rings. The summed E-state index contributed by atoms with van der Waals surface area (Å²) in [6.45, 7) is 8.47. The van der Waals surface area contributed by atoms with Gasteiger partial charge in [-0.15, -0.1) is 0 Å². The first kappa shape index (κ1) is 23.8. The van der Waals surface area contributed by atoms with Gasteiger partial charge in [0.25, 0.3) is 11.7 Å². The predicted octanol–water partition coefficient (Wildman–Crippen LogP) is 4.89. The second-order valence-corrected chi connectivity index (χ2v) is 8.31. The summed E-state index contributed by atoms with van der Waals surface area (Å²) in [4.78, 5) is 27.5. The number of nitrogens with zero attached hydrogens (tertiary/aromatic N) is 1. The summed E-state index contributed by atoms with van der Waals surface area (Å²) < 4.78 is 11.1. The van der Waals surface area contributed by atoms with E-state index in [1.807, 2.05) is 52.0 Å². The summed E-state index contributed by atoms with van der Waals surface area (Å²) >= 11 is 6.17. The fraction of sp³-hybridized carbons (Fsp3) is 0.360. The molecule has 6 nitrogen and oxygen atoms in total. The molecule has 1 aliphatic heterocycles. The van der Waals surface area contributed by atoms with Crippen molar-refractivity contribution in [2.75, 3.05) is 19.8 Å². The van der Waals surface area contributed by atoms with Gasteiger partial charge in [-0.1, -0.05) is 41.4 Å². The van der Waals surface area contributed by atoms with E-state index in [2.05, 4.69) is 0 Å². The highest BCUT2D eigenvalue weighted by Gasteiger charge is 2.46. The number of halogens is 1. The Morgan fingerprint density at radius 3 is 2.59 bits per heavy atom. The molecule has 0 bridgehead atoms. The van der Waals surface area contributed by atoms with E-state index >= 15 is 0 Å². The summed E-state index contributed by atoms with van der Waals surface area (Å²) in [5, 5.41) is 11.6. The fourth-order valence-electron chi connectivity index (χ4n) is 3.76. The molecule has 0 aromatic heterocycles. The minimum atomic E-state index is -0.730. The number of ether oxygens (including phenoxy) is 2. The lowest BCUT2D eigenvalue weighted by Crippen LogP contribution is -2.33. The highest BCUT2D eigenvalue weighted by atomic mass is 35.5. The van der Waals surface area contributed by atoms with Crippen LogP contribution < -0.4 is 4.74 Å². The van der Waals surface area contributed by atoms with Crippen molar-refractivity contribution in [3.63, 3.8) is 0 Å². The van der Waals surface area contributed by atoms with Crippen molar-refractivity contribution in [3.8, 4) is 5.75 Å². The molecule has 7 heteroatoms. The Balaban J connectivity index is 2.11. The van der Waals surface area contributed by atoms with Crippen LogP contribution in [0.4, 0.5) is 0 Å². The van der Waals surface area contributed by atoms with E-state index in [4.69, 9.17) is 21.1 Å². The lowest BCUT2D eigenvalue weighted by Gasteiger charge is -2.26. The molecule has 2 aromatic carbocycles. The molecule has 0 saturated carbocycles. The second-order valence-electron chi connectivity index (χ2n) is 7.90. The van der Waals surface area contributed by atoms with Crippen molar-refractivity contribution in [1.82, 2.24) is 4.90 Å². The number of hydrogen-bond acceptors (Lipinski definition) is 5. The number of rotatable bonds is 8. The molecule has 170 valence electrons. The smallest absolute Gasteiger partial charge is 0.295 e. The van der Waals surface area contributed by atoms with E-state index < -0.39 is 17.7 Å². The number of amides is 1. The molecule has 3 rings (SSSR count). The third-order valence-electron chi connectivity index (χ3n) is 5.19. The average molecular weight is 458 g/mol. The zero-order valence-electron chi connectivity index (χ0n) is 18.7. The number of Topliss-reactive ketones (excluding diaryl/α,β-unsaturated/α-hetero) is 1. The third kappa shape index (κ3) is 4.97. The molecule has 1 amide bonds. The van der Waals surface area contributed by atoms with Gasteiger partial charge in [0.15, 0.2) is 0 Å². The van der Waals surface area contributed by atoms with E-state index in [1.165, 1.54) is 4.90 Å². The number of aliphatic hydroxyl groups is 1. The van der Waals surface area contributed by atoms with Gasteiger partial charge in [-0.25, -0.2) is 0 Å². The topological polar surface area (TPSA) is 76.1 Å². The predicted molar refractivity (Wildman–Crippen MR) is 124 cm³/mol. The van der Waals surface area contributed by atoms with Crippen LogP contribution in [0, 0.1) is 6.92 Å². The normalized spacial score (nSPS) is 17.9. The zero-order chi connectivity index (χ0) is 23.4. The molecule has 1 fully saturated rings. The molecular formula is C25H28ClNO5. The summed E-state index contributed by atoms with van der Waals surface area (Å²) in [5.41, 5.74) is 2.12. The lowest BCUT2D eigenvalue weighted by molar-refractivity contribution is -0.140. The number of ketones is 1. The number of carbonyl (C=O) groups excluding carboxylic acids is 2. The van der Waals surface area contributed by atoms with Gasteiger partial charge in [0.1, 0.15) is 11.5 Å². The number of likely N-dealkylation sites (tertiary alicyclic amines) is 1. The molecule has 1 heterocycles. The van der Waals surface area contributed by atoms with Crippen molar-refractivity contribution in [1.29, 1.82) is 0 Å². The Kier molecular flexibility index (Phi) is 7.59. The Labute approximate surface area is 193 Å². The molecule has 1 atom stereocenters. The van der Waals surface area contributed by atoms with E-state index in [0.29, 0.717) is 22.9 Å². The van der Waals surface area contributed by atoms with Gasteiger partial charge in [-0.3, -0.25) is 9.59 Å². The number of hydrogen-bond donors (Lipinski definition) is 1. The van der Waals surface area contributed by atoms with E-state index in [9.17, 15) is 14.7 Å². The number of benzene rings is 2. The first-order valence-electron chi connectivity index (χ1n) is 10.6. The minimum Gasteiger partial charge on any atom is -0.507 e. The summed E-state index contributed by atoms with van der Waals surface area (Å²) in [7, 11) is 0. The number of carbonyl (C=O) groups is 2. The highest BCUT2D eigenvalue weighted by Crippen LogP contribution is 2.40. The van der Waals surface area contributed by atoms with E-state index in [1.54, 1.807) is 18.2 Å². The maximum atomic E-state index is 13.1. The first-order chi connectivity index (χ1) is 15.2. The number of aliphatic hydroxyl groups excluding tert-OH is 1. The molecule has 32 heavy (non-hydrogen) atoms. The third-order valence-corrected chi connectivity index (χ3v) is 5.50. The Hall–Kier alpha value is -2.83. The van der Waals surface area contributed by atoms with Gasteiger partial charge in [-0.05, 0) is 51.5 Å². The standard InChI is InChI=1S/C25H28ClNO5/c1-5-31-20-14-18(9-10-19(20)26)23(28)21-22(17-8-6-7-16(4)13-17)27(25(30)24(21)29)11-12-32-15(2)3/h6-10,13-15,22,28H,5,11-12H2,1-4H3/b23-21-. The molecule has 0 aliphatic carbocycles. The molecule has 1 N–H and O–H groups in total. The maximum absolute atomic E-state index is 13.1. The van der Waals surface area contributed by atoms with Gasteiger partial charge in [0.2, 0.25) is 0 Å². The summed E-state index contributed by atoms with van der Waals surface area (Å²) in [5.74, 6) is -1.26. The van der Waals surface area contributed by atoms with Crippen molar-refractivity contribution in [2.45, 2.75) is 39.8 Å². The van der Waals surface area contributed by atoms with Crippen LogP contribution in [0.2, 0.25) is 5.02 Å². The monoisotopic (exact) mass is 457 g/mol. The van der Waals surface area contributed by atoms with Crippen molar-refractivity contribution in [3.05, 3.63) is 69.8 Å². The van der Waals surface area contributed by atoms with E-state index in [-0.39, 0.29) is 30.6 Å². The van der Waals surface area contributed by atoms with Crippen LogP contribution in [0.15, 0.2) is 48.0 Å². The largest absolute Gasteiger partial charge is 0.507 e. The fourth-order valence-corrected chi connectivity index (χ4v) is 3.93. The lowest BCUT2D eigenvalue weighted by atomic mass is 9.94. The van der Waals surface area contributed by atoms with Gasteiger partial charge < -0.3 is 19.5 Å². The van der Waals surface area contributed by atoms with Crippen LogP contribution in [0.1, 0.15) is 43.5 Å². The van der Waals surface area contributed by atoms with Crippen molar-refractivity contribution >= 4 is 29.1 Å². The first-order valence-corrected chi connectivity index (χ1v) is 11.0.